The normalized spacial score (nSPS) is 18.9. The second-order valence-electron chi connectivity index (χ2n) is 11.3. The van der Waals surface area contributed by atoms with E-state index in [0.29, 0.717) is 24.1 Å². The number of nitrogens with zero attached hydrogens (tertiary/aromatic N) is 2. The molecule has 2 aliphatic carbocycles. The van der Waals surface area contributed by atoms with Crippen LogP contribution in [-0.4, -0.2) is 46.7 Å². The number of carboxylic acid groups (broad SMARTS) is 1. The minimum atomic E-state index is -1.30. The Morgan fingerprint density at radius 1 is 1.05 bits per heavy atom. The average molecular weight is 586 g/mol. The van der Waals surface area contributed by atoms with Crippen LogP contribution in [0.4, 0.5) is 14.9 Å². The Morgan fingerprint density at radius 2 is 1.79 bits per heavy atom. The Hall–Kier alpha value is -4.73. The first kappa shape index (κ1) is 28.4. The molecule has 3 aromatic carbocycles. The largest absolute Gasteiger partial charge is 0.506 e. The maximum atomic E-state index is 13.9. The number of anilines is 1. The van der Waals surface area contributed by atoms with Crippen LogP contribution in [0.3, 0.4) is 0 Å². The van der Waals surface area contributed by atoms with E-state index in [2.05, 4.69) is 10.4 Å². The van der Waals surface area contributed by atoms with E-state index >= 15 is 0 Å². The summed E-state index contributed by atoms with van der Waals surface area (Å²) in [7, 11) is 0. The highest BCUT2D eigenvalue weighted by molar-refractivity contribution is 5.98. The van der Waals surface area contributed by atoms with Crippen molar-refractivity contribution in [3.8, 4) is 0 Å². The monoisotopic (exact) mass is 585 g/mol. The van der Waals surface area contributed by atoms with Gasteiger partial charge in [0, 0.05) is 24.1 Å². The number of fused-ring (bicyclic) bond motifs is 1. The van der Waals surface area contributed by atoms with Gasteiger partial charge in [0.25, 0.3) is 5.91 Å². The zero-order chi connectivity index (χ0) is 29.9. The second-order valence-corrected chi connectivity index (χ2v) is 11.3. The van der Waals surface area contributed by atoms with Crippen molar-refractivity contribution in [2.45, 2.75) is 57.1 Å². The van der Waals surface area contributed by atoms with Crippen molar-refractivity contribution in [3.63, 3.8) is 0 Å². The summed E-state index contributed by atoms with van der Waals surface area (Å²) in [6.07, 6.45) is 3.23. The first-order chi connectivity index (χ1) is 20.8. The van der Waals surface area contributed by atoms with Crippen molar-refractivity contribution in [2.24, 2.45) is 11.0 Å². The Balaban J connectivity index is 1.19. The van der Waals surface area contributed by atoms with Crippen LogP contribution in [0, 0.1) is 11.7 Å². The van der Waals surface area contributed by atoms with Crippen molar-refractivity contribution in [1.29, 1.82) is 0 Å². The van der Waals surface area contributed by atoms with Crippen LogP contribution < -0.4 is 5.32 Å². The smallest absolute Gasteiger partial charge is 0.466 e. The van der Waals surface area contributed by atoms with E-state index in [1.807, 2.05) is 42.5 Å². The van der Waals surface area contributed by atoms with Gasteiger partial charge in [-0.2, -0.15) is 0 Å². The molecule has 2 unspecified atom stereocenters. The van der Waals surface area contributed by atoms with Gasteiger partial charge >= 0.3 is 6.16 Å². The molecule has 43 heavy (non-hydrogen) atoms. The quantitative estimate of drug-likeness (QED) is 0.332. The maximum absolute atomic E-state index is 13.9. The van der Waals surface area contributed by atoms with E-state index in [1.54, 1.807) is 12.1 Å². The molecule has 3 aromatic rings. The summed E-state index contributed by atoms with van der Waals surface area (Å²) in [6.45, 7) is 0.0633. The number of rotatable bonds is 8. The van der Waals surface area contributed by atoms with Crippen LogP contribution in [0.5, 0.6) is 0 Å². The second kappa shape index (κ2) is 12.2. The molecular weight excluding hydrogens is 553 g/mol. The molecule has 0 aromatic heterocycles. The Labute approximate surface area is 248 Å². The molecule has 9 nitrogen and oxygen atoms in total. The predicted molar refractivity (Wildman–Crippen MR) is 156 cm³/mol. The third kappa shape index (κ3) is 6.38. The SMILES string of the molecule is O=C(O)OC1Cc2cccc(NC(=O)C(c3ccc(CN4N=C(c5ccc(F)cc5)OCC4=O)cc3)C3CCCC3)c2C1. The van der Waals surface area contributed by atoms with Gasteiger partial charge in [-0.25, -0.2) is 14.2 Å². The predicted octanol–water partition coefficient (Wildman–Crippen LogP) is 5.62. The van der Waals surface area contributed by atoms with Gasteiger partial charge in [0.05, 0.1) is 12.5 Å². The van der Waals surface area contributed by atoms with E-state index in [4.69, 9.17) is 14.6 Å². The minimum Gasteiger partial charge on any atom is -0.466 e. The Bertz CT molecular complexity index is 1550. The molecule has 0 bridgehead atoms. The zero-order valence-corrected chi connectivity index (χ0v) is 23.5. The fraction of sp³-hybridized carbons (Fsp3) is 0.333. The van der Waals surface area contributed by atoms with Crippen molar-refractivity contribution in [1.82, 2.24) is 5.01 Å². The highest BCUT2D eigenvalue weighted by Gasteiger charge is 2.34. The Morgan fingerprint density at radius 3 is 2.51 bits per heavy atom. The van der Waals surface area contributed by atoms with Crippen LogP contribution in [0.1, 0.15) is 59.4 Å². The minimum absolute atomic E-state index is 0.0902. The number of benzene rings is 3. The number of nitrogens with one attached hydrogen (secondary N) is 1. The van der Waals surface area contributed by atoms with E-state index in [1.165, 1.54) is 17.1 Å². The number of hydrazone groups is 1. The van der Waals surface area contributed by atoms with E-state index < -0.39 is 12.3 Å². The van der Waals surface area contributed by atoms with Gasteiger partial charge in [-0.05, 0) is 71.3 Å². The van der Waals surface area contributed by atoms with Crippen molar-refractivity contribution in [3.05, 3.63) is 100 Å². The molecule has 1 heterocycles. The molecule has 10 heteroatoms. The lowest BCUT2D eigenvalue weighted by Gasteiger charge is -2.25. The van der Waals surface area contributed by atoms with Crippen LogP contribution in [-0.2, 0) is 38.4 Å². The summed E-state index contributed by atoms with van der Waals surface area (Å²) in [5, 5.41) is 17.9. The lowest BCUT2D eigenvalue weighted by atomic mass is 9.83. The molecule has 1 saturated carbocycles. The molecule has 2 N–H and O–H groups in total. The lowest BCUT2D eigenvalue weighted by Crippen LogP contribution is -2.36. The molecule has 6 rings (SSSR count). The van der Waals surface area contributed by atoms with E-state index in [9.17, 15) is 18.8 Å². The van der Waals surface area contributed by atoms with E-state index in [0.717, 1.165) is 47.9 Å². The molecule has 0 radical (unpaired) electrons. The van der Waals surface area contributed by atoms with Gasteiger partial charge in [-0.15, -0.1) is 5.10 Å². The molecule has 0 spiro atoms. The highest BCUT2D eigenvalue weighted by Crippen LogP contribution is 2.39. The number of ether oxygens (including phenoxy) is 2. The number of carbonyl (C=O) groups excluding carboxylic acids is 2. The van der Waals surface area contributed by atoms with Crippen molar-refractivity contribution < 1.29 is 33.4 Å². The molecule has 2 amide bonds. The van der Waals surface area contributed by atoms with E-state index in [-0.39, 0.29) is 48.5 Å². The Kier molecular flexibility index (Phi) is 8.09. The van der Waals surface area contributed by atoms with Crippen LogP contribution in [0.25, 0.3) is 0 Å². The summed E-state index contributed by atoms with van der Waals surface area (Å²) >= 11 is 0. The number of hydrogen-bond donors (Lipinski definition) is 2. The molecule has 1 aliphatic heterocycles. The van der Waals surface area contributed by atoms with Crippen LogP contribution >= 0.6 is 0 Å². The van der Waals surface area contributed by atoms with Crippen molar-refractivity contribution >= 4 is 29.6 Å². The van der Waals surface area contributed by atoms with Gasteiger partial charge in [0.15, 0.2) is 6.61 Å². The van der Waals surface area contributed by atoms with Gasteiger partial charge in [0.2, 0.25) is 11.8 Å². The zero-order valence-electron chi connectivity index (χ0n) is 23.5. The maximum Gasteiger partial charge on any atom is 0.506 e. The topological polar surface area (TPSA) is 118 Å². The van der Waals surface area contributed by atoms with Crippen molar-refractivity contribution in [2.75, 3.05) is 11.9 Å². The summed E-state index contributed by atoms with van der Waals surface area (Å²) in [5.41, 5.74) is 4.91. The molecule has 0 saturated heterocycles. The fourth-order valence-electron chi connectivity index (χ4n) is 6.35. The first-order valence-electron chi connectivity index (χ1n) is 14.5. The molecule has 222 valence electrons. The standard InChI is InChI=1S/C33H32FN3O6/c34-25-14-12-23(13-15-25)32-36-37(29(38)19-42-32)18-20-8-10-22(11-9-20)30(21-4-1-2-5-21)31(39)35-28-7-3-6-24-16-26(17-27(24)28)43-33(40)41/h3,6-15,21,26,30H,1-2,4-5,16-19H2,(H,35,39)(H,40,41). The third-order valence-corrected chi connectivity index (χ3v) is 8.43. The average Bonchev–Trinajstić information content (AvgIpc) is 3.66. The molecule has 1 fully saturated rings. The first-order valence-corrected chi connectivity index (χ1v) is 14.5. The highest BCUT2D eigenvalue weighted by atomic mass is 19.1. The summed E-state index contributed by atoms with van der Waals surface area (Å²) in [5.74, 6) is -0.647. The molecule has 2 atom stereocenters. The van der Waals surface area contributed by atoms with Crippen LogP contribution in [0.15, 0.2) is 71.8 Å². The summed E-state index contributed by atoms with van der Waals surface area (Å²) in [4.78, 5) is 37.5. The fourth-order valence-corrected chi connectivity index (χ4v) is 6.35. The molecular formula is C33H32FN3O6. The lowest BCUT2D eigenvalue weighted by molar-refractivity contribution is -0.136. The van der Waals surface area contributed by atoms with Crippen LogP contribution in [0.2, 0.25) is 0 Å². The summed E-state index contributed by atoms with van der Waals surface area (Å²) < 4.78 is 23.8. The number of halogens is 1. The number of carbonyl (C=O) groups is 3. The van der Waals surface area contributed by atoms with Gasteiger partial charge < -0.3 is 19.9 Å². The van der Waals surface area contributed by atoms with Gasteiger partial charge in [-0.1, -0.05) is 49.2 Å². The molecule has 3 aliphatic rings. The third-order valence-electron chi connectivity index (χ3n) is 8.43. The van der Waals surface area contributed by atoms with Gasteiger partial charge in [-0.3, -0.25) is 9.59 Å². The number of hydrogen-bond acceptors (Lipinski definition) is 6. The summed E-state index contributed by atoms with van der Waals surface area (Å²) in [6, 6.07) is 19.1. The number of amides is 2. The van der Waals surface area contributed by atoms with Gasteiger partial charge in [0.1, 0.15) is 11.9 Å².